The lowest BCUT2D eigenvalue weighted by Crippen LogP contribution is -2.41. The highest BCUT2D eigenvalue weighted by molar-refractivity contribution is 7.87. The van der Waals surface area contributed by atoms with Crippen LogP contribution >= 0.6 is 0 Å². The molecule has 194 valence electrons. The van der Waals surface area contributed by atoms with Crippen LogP contribution in [-0.2, 0) is 10.2 Å². The van der Waals surface area contributed by atoms with E-state index in [-0.39, 0.29) is 30.0 Å². The maximum atomic E-state index is 14.5. The Morgan fingerprint density at radius 1 is 1.31 bits per heavy atom. The average Bonchev–Trinajstić information content (AvgIpc) is 3.49. The molecule has 9 nitrogen and oxygen atoms in total. The molecule has 2 aromatic heterocycles. The van der Waals surface area contributed by atoms with E-state index in [1.54, 1.807) is 25.3 Å². The number of nitrogens with one attached hydrogen (secondary N) is 1. The first-order valence-corrected chi connectivity index (χ1v) is 12.8. The molecule has 1 N–H and O–H groups in total. The van der Waals surface area contributed by atoms with E-state index in [0.29, 0.717) is 36.7 Å². The third-order valence-corrected chi connectivity index (χ3v) is 7.65. The van der Waals surface area contributed by atoms with Crippen LogP contribution < -0.4 is 14.4 Å². The maximum absolute atomic E-state index is 14.5. The van der Waals surface area contributed by atoms with Crippen molar-refractivity contribution in [2.45, 2.75) is 25.8 Å². The largest absolute Gasteiger partial charge is 0.487 e. The lowest BCUT2D eigenvalue weighted by atomic mass is 10.0. The Balaban J connectivity index is 1.69. The molecule has 13 heteroatoms. The maximum Gasteiger partial charge on any atom is 0.303 e. The van der Waals surface area contributed by atoms with Crippen molar-refractivity contribution in [2.24, 2.45) is 0 Å². The average molecular weight is 526 g/mol. The Hall–Kier alpha value is -3.32. The highest BCUT2D eigenvalue weighted by Crippen LogP contribution is 2.41. The number of carbonyl (C=O) groups is 1. The number of fused-ring (bicyclic) bond motifs is 1. The minimum Gasteiger partial charge on any atom is -0.487 e. The van der Waals surface area contributed by atoms with Gasteiger partial charge >= 0.3 is 10.2 Å². The lowest BCUT2D eigenvalue weighted by molar-refractivity contribution is 0.0981. The first-order chi connectivity index (χ1) is 17.2. The van der Waals surface area contributed by atoms with Crippen molar-refractivity contribution in [2.75, 3.05) is 38.3 Å². The predicted molar refractivity (Wildman–Crippen MR) is 127 cm³/mol. The number of rotatable bonds is 9. The molecule has 0 saturated carbocycles. The Morgan fingerprint density at radius 3 is 2.81 bits per heavy atom. The Labute approximate surface area is 206 Å². The third-order valence-electron chi connectivity index (χ3n) is 6.13. The fraction of sp³-hybridized carbons (Fsp3) is 0.391. The van der Waals surface area contributed by atoms with Crippen LogP contribution in [0.4, 0.5) is 18.9 Å². The second kappa shape index (κ2) is 10.3. The molecule has 0 bridgehead atoms. The van der Waals surface area contributed by atoms with Crippen LogP contribution in [0.2, 0.25) is 0 Å². The molecule has 0 spiro atoms. The van der Waals surface area contributed by atoms with Crippen LogP contribution in [0.15, 0.2) is 36.7 Å². The van der Waals surface area contributed by atoms with Gasteiger partial charge in [0.25, 0.3) is 5.91 Å². The molecule has 0 unspecified atom stereocenters. The summed E-state index contributed by atoms with van der Waals surface area (Å²) in [7, 11) is -2.68. The molecule has 4 rings (SSSR count). The fourth-order valence-electron chi connectivity index (χ4n) is 4.26. The van der Waals surface area contributed by atoms with E-state index in [1.807, 2.05) is 9.62 Å². The summed E-state index contributed by atoms with van der Waals surface area (Å²) in [5.74, 6) is -2.71. The van der Waals surface area contributed by atoms with Gasteiger partial charge in [-0.05, 0) is 31.0 Å². The number of benzene rings is 1. The van der Waals surface area contributed by atoms with Gasteiger partial charge in [-0.25, -0.2) is 22.4 Å². The zero-order valence-electron chi connectivity index (χ0n) is 19.7. The zero-order chi connectivity index (χ0) is 26.0. The SMILES string of the molecule is CCN(C)S(=O)(=O)NC(=O)c1cnn2ccc(N3CCC[C@@H]3c3cc(F)cc(F)c3OCCF)cc12. The summed E-state index contributed by atoms with van der Waals surface area (Å²) in [6.45, 7) is 1.18. The minimum absolute atomic E-state index is 0.0458. The summed E-state index contributed by atoms with van der Waals surface area (Å²) in [4.78, 5) is 14.7. The first kappa shape index (κ1) is 25.8. The number of aromatic nitrogens is 2. The second-order valence-corrected chi connectivity index (χ2v) is 10.1. The molecule has 1 aliphatic heterocycles. The summed E-state index contributed by atoms with van der Waals surface area (Å²) < 4.78 is 75.7. The molecule has 0 aliphatic carbocycles. The van der Waals surface area contributed by atoms with E-state index >= 15 is 0 Å². The zero-order valence-corrected chi connectivity index (χ0v) is 20.6. The Bertz CT molecular complexity index is 1380. The van der Waals surface area contributed by atoms with Gasteiger partial charge in [-0.2, -0.15) is 17.8 Å². The van der Waals surface area contributed by atoms with Crippen LogP contribution in [0.25, 0.3) is 5.52 Å². The standard InChI is InChI=1S/C23H26F3N5O4S/c1-3-29(2)36(33,34)28-23(32)18-14-27-31-9-6-16(13-21(18)31)30-8-4-5-20(30)17-11-15(25)12-19(26)22(17)35-10-7-24/h6,9,11-14,20H,3-5,7-8,10H2,1-2H3,(H,28,32)/t20-/m1/s1. The number of hydrogen-bond acceptors (Lipinski definition) is 6. The van der Waals surface area contributed by atoms with Crippen molar-refractivity contribution in [3.8, 4) is 5.75 Å². The molecule has 1 aliphatic rings. The van der Waals surface area contributed by atoms with Gasteiger partial charge in [0.2, 0.25) is 0 Å². The van der Waals surface area contributed by atoms with Gasteiger partial charge in [0.1, 0.15) is 19.1 Å². The van der Waals surface area contributed by atoms with Gasteiger partial charge in [0, 0.05) is 43.7 Å². The number of pyridine rings is 1. The van der Waals surface area contributed by atoms with Crippen molar-refractivity contribution >= 4 is 27.3 Å². The summed E-state index contributed by atoms with van der Waals surface area (Å²) in [5, 5.41) is 4.12. The fourth-order valence-corrected chi connectivity index (χ4v) is 5.10. The molecule has 1 aromatic carbocycles. The molecule has 1 fully saturated rings. The highest BCUT2D eigenvalue weighted by atomic mass is 32.2. The predicted octanol–water partition coefficient (Wildman–Crippen LogP) is 3.23. The van der Waals surface area contributed by atoms with Crippen LogP contribution in [0.5, 0.6) is 5.75 Å². The van der Waals surface area contributed by atoms with E-state index < -0.39 is 40.5 Å². The summed E-state index contributed by atoms with van der Waals surface area (Å²) in [6.07, 6.45) is 4.15. The molecular weight excluding hydrogens is 499 g/mol. The lowest BCUT2D eigenvalue weighted by Gasteiger charge is -2.29. The van der Waals surface area contributed by atoms with Gasteiger partial charge in [-0.15, -0.1) is 0 Å². The van der Waals surface area contributed by atoms with Gasteiger partial charge in [0.05, 0.1) is 23.3 Å². The first-order valence-electron chi connectivity index (χ1n) is 11.4. The monoisotopic (exact) mass is 525 g/mol. The minimum atomic E-state index is -4.02. The van der Waals surface area contributed by atoms with Crippen LogP contribution in [0.1, 0.15) is 41.7 Å². The van der Waals surface area contributed by atoms with Crippen molar-refractivity contribution in [3.05, 3.63) is 59.4 Å². The molecule has 3 aromatic rings. The topological polar surface area (TPSA) is 96.2 Å². The molecule has 3 heterocycles. The van der Waals surface area contributed by atoms with Crippen molar-refractivity contribution in [1.29, 1.82) is 0 Å². The smallest absolute Gasteiger partial charge is 0.303 e. The Kier molecular flexibility index (Phi) is 7.41. The van der Waals surface area contributed by atoms with E-state index in [4.69, 9.17) is 4.74 Å². The molecule has 0 radical (unpaired) electrons. The van der Waals surface area contributed by atoms with E-state index in [0.717, 1.165) is 4.31 Å². The Morgan fingerprint density at radius 2 is 2.08 bits per heavy atom. The number of alkyl halides is 1. The number of halogens is 3. The molecule has 1 saturated heterocycles. The number of nitrogens with zero attached hydrogens (tertiary/aromatic N) is 4. The van der Waals surface area contributed by atoms with Crippen molar-refractivity contribution < 1.29 is 31.1 Å². The van der Waals surface area contributed by atoms with Crippen LogP contribution in [-0.4, -0.2) is 61.7 Å². The highest BCUT2D eigenvalue weighted by Gasteiger charge is 2.31. The van der Waals surface area contributed by atoms with Crippen LogP contribution in [0, 0.1) is 11.6 Å². The molecule has 1 amide bonds. The number of carbonyl (C=O) groups excluding carboxylic acids is 1. The quantitative estimate of drug-likeness (QED) is 0.461. The van der Waals surface area contributed by atoms with Gasteiger partial charge in [-0.3, -0.25) is 4.79 Å². The van der Waals surface area contributed by atoms with E-state index in [2.05, 4.69) is 5.10 Å². The van der Waals surface area contributed by atoms with E-state index in [1.165, 1.54) is 23.8 Å². The third kappa shape index (κ3) is 4.98. The van der Waals surface area contributed by atoms with Gasteiger partial charge < -0.3 is 9.64 Å². The van der Waals surface area contributed by atoms with E-state index in [9.17, 15) is 26.4 Å². The number of ether oxygens (including phenoxy) is 1. The normalized spacial score (nSPS) is 16.2. The molecular formula is C23H26F3N5O4S. The molecule has 1 atom stereocenters. The number of amides is 1. The molecule has 36 heavy (non-hydrogen) atoms. The summed E-state index contributed by atoms with van der Waals surface area (Å²) >= 11 is 0. The second-order valence-electron chi connectivity index (χ2n) is 8.32. The summed E-state index contributed by atoms with van der Waals surface area (Å²) in [6, 6.07) is 4.81. The summed E-state index contributed by atoms with van der Waals surface area (Å²) in [5.41, 5.74) is 1.29. The van der Waals surface area contributed by atoms with Crippen molar-refractivity contribution in [1.82, 2.24) is 18.6 Å². The van der Waals surface area contributed by atoms with Gasteiger partial charge in [-0.1, -0.05) is 6.92 Å². The van der Waals surface area contributed by atoms with Crippen LogP contribution in [0.3, 0.4) is 0 Å². The number of anilines is 1. The van der Waals surface area contributed by atoms with Gasteiger partial charge in [0.15, 0.2) is 11.6 Å². The number of hydrogen-bond donors (Lipinski definition) is 1. The van der Waals surface area contributed by atoms with Crippen molar-refractivity contribution in [3.63, 3.8) is 0 Å².